The first-order valence-corrected chi connectivity index (χ1v) is 7.82. The maximum atomic E-state index is 13.4. The van der Waals surface area contributed by atoms with Gasteiger partial charge in [0, 0.05) is 19.8 Å². The van der Waals surface area contributed by atoms with Crippen molar-refractivity contribution in [2.24, 2.45) is 7.05 Å². The van der Waals surface area contributed by atoms with Crippen molar-refractivity contribution in [2.75, 3.05) is 13.2 Å². The standard InChI is InChI=1S/C17H20FN3O3/c1-20-14(5-6-19-20)10-24-11-17(23)21-9-15(22)8-16(21)12-3-2-4-13(18)7-12/h2-7,15-16,22H,8-11H2,1H3/t15-,16-/m0/s1. The number of nitrogens with zero attached hydrogens (tertiary/aromatic N) is 3. The summed E-state index contributed by atoms with van der Waals surface area (Å²) in [7, 11) is 1.80. The second-order valence-corrected chi connectivity index (χ2v) is 5.95. The third-order valence-corrected chi connectivity index (χ3v) is 4.23. The molecule has 0 saturated carbocycles. The number of benzene rings is 1. The highest BCUT2D eigenvalue weighted by Crippen LogP contribution is 2.32. The molecule has 1 aromatic carbocycles. The highest BCUT2D eigenvalue weighted by Gasteiger charge is 2.35. The molecule has 24 heavy (non-hydrogen) atoms. The molecule has 1 amide bonds. The van der Waals surface area contributed by atoms with Crippen molar-refractivity contribution < 1.29 is 19.0 Å². The van der Waals surface area contributed by atoms with Crippen LogP contribution in [0.2, 0.25) is 0 Å². The summed E-state index contributed by atoms with van der Waals surface area (Å²) in [6.07, 6.45) is 1.45. The number of aliphatic hydroxyl groups is 1. The molecule has 0 bridgehead atoms. The van der Waals surface area contributed by atoms with E-state index in [4.69, 9.17) is 4.74 Å². The molecule has 128 valence electrons. The minimum Gasteiger partial charge on any atom is -0.391 e. The summed E-state index contributed by atoms with van der Waals surface area (Å²) in [4.78, 5) is 14.0. The maximum absolute atomic E-state index is 13.4. The lowest BCUT2D eigenvalue weighted by Gasteiger charge is -2.24. The van der Waals surface area contributed by atoms with Crippen molar-refractivity contribution in [3.63, 3.8) is 0 Å². The van der Waals surface area contributed by atoms with Gasteiger partial charge in [-0.05, 0) is 30.2 Å². The number of β-amino-alcohol motifs (C(OH)–C–C–N with tert-alkyl or cyclic N) is 1. The van der Waals surface area contributed by atoms with Gasteiger partial charge in [-0.1, -0.05) is 12.1 Å². The summed E-state index contributed by atoms with van der Waals surface area (Å²) < 4.78 is 20.6. The Morgan fingerprint density at radius 2 is 2.29 bits per heavy atom. The number of likely N-dealkylation sites (tertiary alicyclic amines) is 1. The Labute approximate surface area is 139 Å². The molecular weight excluding hydrogens is 313 g/mol. The van der Waals surface area contributed by atoms with Crippen LogP contribution in [-0.4, -0.2) is 44.9 Å². The lowest BCUT2D eigenvalue weighted by atomic mass is 10.0. The number of carbonyl (C=O) groups excluding carboxylic acids is 1. The summed E-state index contributed by atoms with van der Waals surface area (Å²) in [6.45, 7) is 0.419. The minimum absolute atomic E-state index is 0.0935. The molecule has 2 atom stereocenters. The van der Waals surface area contributed by atoms with E-state index >= 15 is 0 Å². The third kappa shape index (κ3) is 3.63. The van der Waals surface area contributed by atoms with Gasteiger partial charge in [0.15, 0.2) is 0 Å². The molecule has 7 heteroatoms. The summed E-state index contributed by atoms with van der Waals surface area (Å²) in [5.41, 5.74) is 1.55. The Morgan fingerprint density at radius 1 is 1.46 bits per heavy atom. The fraction of sp³-hybridized carbons (Fsp3) is 0.412. The van der Waals surface area contributed by atoms with Crippen molar-refractivity contribution >= 4 is 5.91 Å². The van der Waals surface area contributed by atoms with Crippen molar-refractivity contribution in [1.82, 2.24) is 14.7 Å². The Morgan fingerprint density at radius 3 is 3.00 bits per heavy atom. The van der Waals surface area contributed by atoms with Gasteiger partial charge in [-0.3, -0.25) is 9.48 Å². The highest BCUT2D eigenvalue weighted by atomic mass is 19.1. The number of amides is 1. The fourth-order valence-electron chi connectivity index (χ4n) is 2.99. The number of hydrogen-bond acceptors (Lipinski definition) is 4. The smallest absolute Gasteiger partial charge is 0.249 e. The van der Waals surface area contributed by atoms with Crippen molar-refractivity contribution in [1.29, 1.82) is 0 Å². The number of rotatable bonds is 5. The summed E-state index contributed by atoms with van der Waals surface area (Å²) in [5.74, 6) is -0.572. The Balaban J connectivity index is 1.63. The normalized spacial score (nSPS) is 20.5. The molecular formula is C17H20FN3O3. The monoisotopic (exact) mass is 333 g/mol. The molecule has 1 saturated heterocycles. The number of aryl methyl sites for hydroxylation is 1. The van der Waals surface area contributed by atoms with Gasteiger partial charge < -0.3 is 14.7 Å². The van der Waals surface area contributed by atoms with E-state index in [-0.39, 0.29) is 37.5 Å². The van der Waals surface area contributed by atoms with Gasteiger partial charge in [0.2, 0.25) is 5.91 Å². The number of aromatic nitrogens is 2. The second kappa shape index (κ2) is 7.11. The highest BCUT2D eigenvalue weighted by molar-refractivity contribution is 5.78. The van der Waals surface area contributed by atoms with Crippen LogP contribution in [0.25, 0.3) is 0 Å². The molecule has 0 radical (unpaired) electrons. The van der Waals surface area contributed by atoms with Gasteiger partial charge in [0.1, 0.15) is 12.4 Å². The zero-order valence-electron chi connectivity index (χ0n) is 13.4. The van der Waals surface area contributed by atoms with E-state index in [0.717, 1.165) is 5.69 Å². The number of carbonyl (C=O) groups is 1. The molecule has 3 rings (SSSR count). The van der Waals surface area contributed by atoms with E-state index in [2.05, 4.69) is 5.10 Å². The SMILES string of the molecule is Cn1nccc1COCC(=O)N1C[C@@H](O)C[C@H]1c1cccc(F)c1. The average molecular weight is 333 g/mol. The molecule has 1 aliphatic rings. The molecule has 1 N–H and O–H groups in total. The van der Waals surface area contributed by atoms with Gasteiger partial charge in [0.05, 0.1) is 24.4 Å². The van der Waals surface area contributed by atoms with Crippen LogP contribution >= 0.6 is 0 Å². The van der Waals surface area contributed by atoms with Crippen LogP contribution in [0.1, 0.15) is 23.7 Å². The van der Waals surface area contributed by atoms with E-state index in [1.165, 1.54) is 12.1 Å². The van der Waals surface area contributed by atoms with Gasteiger partial charge in [-0.25, -0.2) is 4.39 Å². The molecule has 1 aliphatic heterocycles. The number of ether oxygens (including phenoxy) is 1. The zero-order chi connectivity index (χ0) is 17.1. The number of aliphatic hydroxyl groups excluding tert-OH is 1. The van der Waals surface area contributed by atoms with Crippen LogP contribution in [0.15, 0.2) is 36.5 Å². The molecule has 6 nitrogen and oxygen atoms in total. The molecule has 1 fully saturated rings. The molecule has 1 aromatic heterocycles. The van der Waals surface area contributed by atoms with E-state index in [0.29, 0.717) is 12.0 Å². The number of halogens is 1. The molecule has 2 aromatic rings. The predicted octanol–water partition coefficient (Wildman–Crippen LogP) is 1.41. The van der Waals surface area contributed by atoms with E-state index in [1.54, 1.807) is 35.0 Å². The Hall–Kier alpha value is -2.25. The fourth-order valence-corrected chi connectivity index (χ4v) is 2.99. The molecule has 0 unspecified atom stereocenters. The summed E-state index contributed by atoms with van der Waals surface area (Å²) in [5, 5.41) is 14.0. The van der Waals surface area contributed by atoms with Crippen LogP contribution in [0.5, 0.6) is 0 Å². The first kappa shape index (κ1) is 16.6. The van der Waals surface area contributed by atoms with Crippen molar-refractivity contribution in [2.45, 2.75) is 25.2 Å². The summed E-state index contributed by atoms with van der Waals surface area (Å²) >= 11 is 0. The number of hydrogen-bond donors (Lipinski definition) is 1. The maximum Gasteiger partial charge on any atom is 0.249 e. The second-order valence-electron chi connectivity index (χ2n) is 5.95. The molecule has 0 spiro atoms. The van der Waals surface area contributed by atoms with E-state index < -0.39 is 6.10 Å². The van der Waals surface area contributed by atoms with Crippen molar-refractivity contribution in [3.8, 4) is 0 Å². The van der Waals surface area contributed by atoms with Gasteiger partial charge in [-0.2, -0.15) is 5.10 Å². The van der Waals surface area contributed by atoms with E-state index in [9.17, 15) is 14.3 Å². The van der Waals surface area contributed by atoms with Crippen LogP contribution in [0.4, 0.5) is 4.39 Å². The quantitative estimate of drug-likeness (QED) is 0.898. The molecule has 2 heterocycles. The summed E-state index contributed by atoms with van der Waals surface area (Å²) in [6, 6.07) is 7.62. The van der Waals surface area contributed by atoms with E-state index in [1.807, 2.05) is 6.07 Å². The Bertz CT molecular complexity index is 719. The first-order chi connectivity index (χ1) is 11.5. The van der Waals surface area contributed by atoms with Crippen LogP contribution in [-0.2, 0) is 23.2 Å². The van der Waals surface area contributed by atoms with Crippen molar-refractivity contribution in [3.05, 3.63) is 53.6 Å². The largest absolute Gasteiger partial charge is 0.391 e. The molecule has 0 aliphatic carbocycles. The van der Waals surface area contributed by atoms with Gasteiger partial charge in [0.25, 0.3) is 0 Å². The third-order valence-electron chi connectivity index (χ3n) is 4.23. The van der Waals surface area contributed by atoms with Crippen LogP contribution in [0, 0.1) is 5.82 Å². The predicted molar refractivity (Wildman–Crippen MR) is 84.3 cm³/mol. The van der Waals surface area contributed by atoms with Crippen LogP contribution in [0.3, 0.4) is 0 Å². The first-order valence-electron chi connectivity index (χ1n) is 7.82. The lowest BCUT2D eigenvalue weighted by Crippen LogP contribution is -2.34. The average Bonchev–Trinajstić information content (AvgIpc) is 3.13. The van der Waals surface area contributed by atoms with Gasteiger partial charge in [-0.15, -0.1) is 0 Å². The zero-order valence-corrected chi connectivity index (χ0v) is 13.4. The Kier molecular flexibility index (Phi) is 4.92. The van der Waals surface area contributed by atoms with Gasteiger partial charge >= 0.3 is 0 Å². The minimum atomic E-state index is -0.612. The lowest BCUT2D eigenvalue weighted by molar-refractivity contribution is -0.137. The topological polar surface area (TPSA) is 67.6 Å². The van der Waals surface area contributed by atoms with Crippen LogP contribution < -0.4 is 0 Å².